The molecule has 3 fully saturated rings. The van der Waals surface area contributed by atoms with Gasteiger partial charge in [-0.1, -0.05) is 0 Å². The lowest BCUT2D eigenvalue weighted by Crippen LogP contribution is -2.41. The second kappa shape index (κ2) is 10.6. The van der Waals surface area contributed by atoms with Gasteiger partial charge in [0.25, 0.3) is 0 Å². The Kier molecular flexibility index (Phi) is 8.12. The summed E-state index contributed by atoms with van der Waals surface area (Å²) < 4.78 is 39.4. The standard InChI is InChI=1S/C18H28N4O3.C2HF3O2/c1-20-8-14(7-19-20)9-21-10-16-13-24-12-15(17(16)11-21)6-18(23)22-4-2-3-5-25-22;3-2(4,5)1(6)7/h7-8,15-17H,2-6,9-13H2,1H3;(H,6,7)/t15-,16-,17+;/m1./s1. The lowest BCUT2D eigenvalue weighted by atomic mass is 9.81. The predicted octanol–water partition coefficient (Wildman–Crippen LogP) is 1.69. The smallest absolute Gasteiger partial charge is 0.475 e. The number of hydroxylamine groups is 2. The highest BCUT2D eigenvalue weighted by atomic mass is 19.4. The number of ether oxygens (including phenoxy) is 1. The van der Waals surface area contributed by atoms with E-state index in [0.717, 1.165) is 45.6 Å². The zero-order valence-corrected chi connectivity index (χ0v) is 18.0. The number of aliphatic carboxylic acids is 1. The molecule has 0 spiro atoms. The molecular formula is C20H29F3N4O5. The summed E-state index contributed by atoms with van der Waals surface area (Å²) in [6.45, 7) is 5.93. The van der Waals surface area contributed by atoms with E-state index in [-0.39, 0.29) is 5.91 Å². The van der Waals surface area contributed by atoms with Crippen LogP contribution >= 0.6 is 0 Å². The Morgan fingerprint density at radius 2 is 2.00 bits per heavy atom. The summed E-state index contributed by atoms with van der Waals surface area (Å²) in [5.74, 6) is -1.26. The van der Waals surface area contributed by atoms with E-state index >= 15 is 0 Å². The van der Waals surface area contributed by atoms with E-state index in [1.807, 2.05) is 17.9 Å². The number of nitrogens with zero attached hydrogens (tertiary/aromatic N) is 4. The number of rotatable bonds is 4. The van der Waals surface area contributed by atoms with Crippen molar-refractivity contribution in [3.63, 3.8) is 0 Å². The van der Waals surface area contributed by atoms with Gasteiger partial charge in [-0.25, -0.2) is 9.86 Å². The van der Waals surface area contributed by atoms with Gasteiger partial charge in [0, 0.05) is 51.4 Å². The van der Waals surface area contributed by atoms with Crippen molar-refractivity contribution in [2.45, 2.75) is 32.0 Å². The second-order valence-electron chi connectivity index (χ2n) is 8.48. The highest BCUT2D eigenvalue weighted by Crippen LogP contribution is 2.36. The Morgan fingerprint density at radius 1 is 1.25 bits per heavy atom. The molecule has 9 nitrogen and oxygen atoms in total. The fourth-order valence-corrected chi connectivity index (χ4v) is 4.46. The Bertz CT molecular complexity index is 782. The second-order valence-corrected chi connectivity index (χ2v) is 8.48. The first-order valence-corrected chi connectivity index (χ1v) is 10.6. The maximum Gasteiger partial charge on any atom is 0.490 e. The number of likely N-dealkylation sites (tertiary alicyclic amines) is 1. The van der Waals surface area contributed by atoms with Gasteiger partial charge in [0.2, 0.25) is 5.91 Å². The summed E-state index contributed by atoms with van der Waals surface area (Å²) in [4.78, 5) is 29.4. The molecule has 0 aliphatic carbocycles. The number of carbonyl (C=O) groups excluding carboxylic acids is 1. The summed E-state index contributed by atoms with van der Waals surface area (Å²) in [7, 11) is 1.95. The third-order valence-electron chi connectivity index (χ3n) is 5.96. The van der Waals surface area contributed by atoms with Gasteiger partial charge in [0.05, 0.1) is 26.0 Å². The third-order valence-corrected chi connectivity index (χ3v) is 5.96. The van der Waals surface area contributed by atoms with Crippen molar-refractivity contribution in [2.75, 3.05) is 39.5 Å². The van der Waals surface area contributed by atoms with Crippen LogP contribution in [-0.2, 0) is 32.8 Å². The molecule has 0 unspecified atom stereocenters. The first kappa shape index (κ1) is 24.5. The van der Waals surface area contributed by atoms with Crippen LogP contribution in [0.4, 0.5) is 13.2 Å². The van der Waals surface area contributed by atoms with Crippen molar-refractivity contribution in [2.24, 2.45) is 24.8 Å². The summed E-state index contributed by atoms with van der Waals surface area (Å²) in [5.41, 5.74) is 1.25. The minimum Gasteiger partial charge on any atom is -0.475 e. The Hall–Kier alpha value is -2.18. The van der Waals surface area contributed by atoms with Crippen LogP contribution in [0.2, 0.25) is 0 Å². The predicted molar refractivity (Wildman–Crippen MR) is 105 cm³/mol. The molecule has 1 aromatic heterocycles. The van der Waals surface area contributed by atoms with Crippen LogP contribution < -0.4 is 0 Å². The number of carboxylic acid groups (broad SMARTS) is 1. The highest BCUT2D eigenvalue weighted by Gasteiger charge is 2.42. The molecule has 0 radical (unpaired) electrons. The van der Waals surface area contributed by atoms with Gasteiger partial charge < -0.3 is 9.84 Å². The summed E-state index contributed by atoms with van der Waals surface area (Å²) >= 11 is 0. The lowest BCUT2D eigenvalue weighted by Gasteiger charge is -2.34. The Balaban J connectivity index is 0.000000360. The fourth-order valence-electron chi connectivity index (χ4n) is 4.46. The maximum absolute atomic E-state index is 12.6. The molecule has 0 aromatic carbocycles. The average molecular weight is 462 g/mol. The minimum absolute atomic E-state index is 0.125. The number of carboxylic acids is 1. The SMILES string of the molecule is Cn1cc(CN2C[C@@H]3COC[C@@H](CC(=O)N4CCCCO4)[C@@H]3C2)cn1.O=C(O)C(F)(F)F. The minimum atomic E-state index is -5.08. The molecule has 180 valence electrons. The van der Waals surface area contributed by atoms with E-state index in [9.17, 15) is 18.0 Å². The largest absolute Gasteiger partial charge is 0.490 e. The van der Waals surface area contributed by atoms with Crippen LogP contribution in [0.1, 0.15) is 24.8 Å². The third kappa shape index (κ3) is 6.66. The number of amides is 1. The number of aryl methyl sites for hydroxylation is 1. The van der Waals surface area contributed by atoms with Crippen molar-refractivity contribution in [1.29, 1.82) is 0 Å². The zero-order valence-electron chi connectivity index (χ0n) is 18.0. The number of carbonyl (C=O) groups is 2. The topological polar surface area (TPSA) is 97.1 Å². The van der Waals surface area contributed by atoms with E-state index in [2.05, 4.69) is 16.2 Å². The van der Waals surface area contributed by atoms with E-state index in [0.29, 0.717) is 37.4 Å². The molecule has 1 N–H and O–H groups in total. The van der Waals surface area contributed by atoms with E-state index in [4.69, 9.17) is 19.5 Å². The van der Waals surface area contributed by atoms with Gasteiger partial charge in [-0.05, 0) is 30.6 Å². The van der Waals surface area contributed by atoms with Crippen LogP contribution in [0.25, 0.3) is 0 Å². The number of aromatic nitrogens is 2. The van der Waals surface area contributed by atoms with Crippen LogP contribution in [0.5, 0.6) is 0 Å². The summed E-state index contributed by atoms with van der Waals surface area (Å²) in [5, 5.41) is 13.0. The fraction of sp³-hybridized carbons (Fsp3) is 0.750. The van der Waals surface area contributed by atoms with Gasteiger partial charge in [-0.2, -0.15) is 18.3 Å². The molecule has 1 aromatic rings. The van der Waals surface area contributed by atoms with Crippen molar-refractivity contribution < 1.29 is 37.4 Å². The molecular weight excluding hydrogens is 433 g/mol. The number of hydrogen-bond acceptors (Lipinski definition) is 6. The number of halogens is 3. The van der Waals surface area contributed by atoms with Crippen LogP contribution in [-0.4, -0.2) is 82.4 Å². The van der Waals surface area contributed by atoms with Gasteiger partial charge in [0.15, 0.2) is 0 Å². The molecule has 12 heteroatoms. The maximum atomic E-state index is 12.6. The van der Waals surface area contributed by atoms with E-state index < -0.39 is 12.1 Å². The van der Waals surface area contributed by atoms with Gasteiger partial charge in [-0.15, -0.1) is 0 Å². The van der Waals surface area contributed by atoms with Gasteiger partial charge in [0.1, 0.15) is 0 Å². The molecule has 3 aliphatic rings. The van der Waals surface area contributed by atoms with E-state index in [1.54, 1.807) is 5.06 Å². The normalized spacial score (nSPS) is 26.2. The van der Waals surface area contributed by atoms with Crippen molar-refractivity contribution >= 4 is 11.9 Å². The Morgan fingerprint density at radius 3 is 2.59 bits per heavy atom. The molecule has 1 amide bonds. The number of alkyl halides is 3. The monoisotopic (exact) mass is 462 g/mol. The first-order valence-electron chi connectivity index (χ1n) is 10.6. The quantitative estimate of drug-likeness (QED) is 0.727. The van der Waals surface area contributed by atoms with Crippen LogP contribution in [0.3, 0.4) is 0 Å². The van der Waals surface area contributed by atoms with Crippen LogP contribution in [0.15, 0.2) is 12.4 Å². The average Bonchev–Trinajstić information content (AvgIpc) is 3.34. The van der Waals surface area contributed by atoms with Crippen molar-refractivity contribution in [3.8, 4) is 0 Å². The Labute approximate surface area is 184 Å². The van der Waals surface area contributed by atoms with Crippen molar-refractivity contribution in [3.05, 3.63) is 18.0 Å². The summed E-state index contributed by atoms with van der Waals surface area (Å²) in [6, 6.07) is 0. The molecule has 3 atom stereocenters. The molecule has 3 aliphatic heterocycles. The van der Waals surface area contributed by atoms with Gasteiger partial charge in [-0.3, -0.25) is 19.2 Å². The molecule has 32 heavy (non-hydrogen) atoms. The van der Waals surface area contributed by atoms with Crippen molar-refractivity contribution in [1.82, 2.24) is 19.7 Å². The molecule has 4 heterocycles. The van der Waals surface area contributed by atoms with Crippen LogP contribution in [0, 0.1) is 17.8 Å². The number of fused-ring (bicyclic) bond motifs is 1. The first-order chi connectivity index (χ1) is 15.1. The summed E-state index contributed by atoms with van der Waals surface area (Å²) in [6.07, 6.45) is 1.56. The van der Waals surface area contributed by atoms with E-state index in [1.165, 1.54) is 5.56 Å². The molecule has 3 saturated heterocycles. The highest BCUT2D eigenvalue weighted by molar-refractivity contribution is 5.75. The number of hydrogen-bond donors (Lipinski definition) is 1. The molecule has 4 rings (SSSR count). The molecule has 0 saturated carbocycles. The molecule has 0 bridgehead atoms. The zero-order chi connectivity index (χ0) is 23.3. The lowest BCUT2D eigenvalue weighted by molar-refractivity contribution is -0.199. The van der Waals surface area contributed by atoms with Gasteiger partial charge >= 0.3 is 12.1 Å².